The first-order valence-electron chi connectivity index (χ1n) is 5.04. The number of nitrogens with one attached hydrogen (secondary N) is 1. The first-order valence-corrected chi connectivity index (χ1v) is 5.04. The van der Waals surface area contributed by atoms with Gasteiger partial charge in [0, 0.05) is 17.2 Å². The number of fused-ring (bicyclic) bond motifs is 5. The minimum atomic E-state index is -0.895. The molecule has 3 aliphatic rings. The van der Waals surface area contributed by atoms with Crippen molar-refractivity contribution in [2.24, 2.45) is 11.3 Å². The van der Waals surface area contributed by atoms with E-state index in [1.165, 1.54) is 12.8 Å². The molecule has 72 valence electrons. The third-order valence-corrected chi connectivity index (χ3v) is 4.32. The van der Waals surface area contributed by atoms with Crippen LogP contribution in [0.15, 0.2) is 0 Å². The van der Waals surface area contributed by atoms with Crippen LogP contribution in [0.2, 0.25) is 0 Å². The van der Waals surface area contributed by atoms with Gasteiger partial charge in [-0.25, -0.2) is 4.79 Å². The molecule has 3 aliphatic carbocycles. The first kappa shape index (κ1) is 7.04. The van der Waals surface area contributed by atoms with Crippen LogP contribution < -0.4 is 0 Å². The van der Waals surface area contributed by atoms with Gasteiger partial charge in [0.25, 0.3) is 0 Å². The zero-order valence-corrected chi connectivity index (χ0v) is 7.58. The van der Waals surface area contributed by atoms with Gasteiger partial charge in [0.1, 0.15) is 0 Å². The Morgan fingerprint density at radius 1 is 1.57 bits per heavy atom. The zero-order valence-electron chi connectivity index (χ0n) is 7.58. The second-order valence-corrected chi connectivity index (χ2v) is 4.79. The molecular formula is C10H10N2O2. The van der Waals surface area contributed by atoms with Gasteiger partial charge in [0.05, 0.1) is 0 Å². The Bertz CT molecular complexity index is 459. The summed E-state index contributed by atoms with van der Waals surface area (Å²) in [6.07, 6.45) is 3.62. The van der Waals surface area contributed by atoms with Crippen LogP contribution in [-0.2, 0) is 6.42 Å². The maximum atomic E-state index is 10.8. The van der Waals surface area contributed by atoms with Gasteiger partial charge in [-0.1, -0.05) is 0 Å². The van der Waals surface area contributed by atoms with E-state index in [4.69, 9.17) is 5.11 Å². The van der Waals surface area contributed by atoms with Gasteiger partial charge in [-0.2, -0.15) is 5.10 Å². The monoisotopic (exact) mass is 190 g/mol. The maximum absolute atomic E-state index is 10.8. The lowest BCUT2D eigenvalue weighted by Crippen LogP contribution is -2.02. The lowest BCUT2D eigenvalue weighted by molar-refractivity contribution is 0.0689. The molecule has 0 bridgehead atoms. The highest BCUT2D eigenvalue weighted by atomic mass is 16.4. The topological polar surface area (TPSA) is 66.0 Å². The molecule has 14 heavy (non-hydrogen) atoms. The van der Waals surface area contributed by atoms with Crippen molar-refractivity contribution in [1.82, 2.24) is 10.2 Å². The van der Waals surface area contributed by atoms with Crippen molar-refractivity contribution in [2.75, 3.05) is 0 Å². The van der Waals surface area contributed by atoms with Crippen molar-refractivity contribution in [3.8, 4) is 0 Å². The molecule has 1 heterocycles. The number of aromatic amines is 1. The molecule has 2 atom stereocenters. The lowest BCUT2D eigenvalue weighted by atomic mass is 10.1. The number of aromatic nitrogens is 2. The normalized spacial score (nSPS) is 34.0. The molecule has 0 radical (unpaired) electrons. The van der Waals surface area contributed by atoms with Crippen LogP contribution in [0.1, 0.15) is 40.5 Å². The SMILES string of the molecule is O=C(O)c1n[nH]c2c1C[C@@H]1[C@H]2C12CC2. The predicted octanol–water partition coefficient (Wildman–Crippen LogP) is 1.16. The van der Waals surface area contributed by atoms with Crippen molar-refractivity contribution >= 4 is 5.97 Å². The standard InChI is InChI=1S/C10H10N2O2/c13-9(14)8-4-3-5-6(7(4)11-12-8)10(5)1-2-10/h5-6H,1-3H2,(H,11,12)(H,13,14)/t5-,6-/m1/s1. The number of carboxylic acids is 1. The highest BCUT2D eigenvalue weighted by Crippen LogP contribution is 2.82. The smallest absolute Gasteiger partial charge is 0.356 e. The fraction of sp³-hybridized carbons (Fsp3) is 0.600. The highest BCUT2D eigenvalue weighted by molar-refractivity contribution is 5.88. The minimum Gasteiger partial charge on any atom is -0.476 e. The van der Waals surface area contributed by atoms with Crippen molar-refractivity contribution in [1.29, 1.82) is 0 Å². The van der Waals surface area contributed by atoms with Crippen molar-refractivity contribution in [2.45, 2.75) is 25.2 Å². The predicted molar refractivity (Wildman–Crippen MR) is 47.1 cm³/mol. The van der Waals surface area contributed by atoms with Crippen LogP contribution in [0.3, 0.4) is 0 Å². The summed E-state index contributed by atoms with van der Waals surface area (Å²) in [7, 11) is 0. The van der Waals surface area contributed by atoms with Crippen LogP contribution in [-0.4, -0.2) is 21.3 Å². The molecule has 4 heteroatoms. The van der Waals surface area contributed by atoms with E-state index < -0.39 is 5.97 Å². The summed E-state index contributed by atoms with van der Waals surface area (Å²) in [4.78, 5) is 10.8. The maximum Gasteiger partial charge on any atom is 0.356 e. The molecule has 2 N–H and O–H groups in total. The molecular weight excluding hydrogens is 180 g/mol. The van der Waals surface area contributed by atoms with E-state index in [0.29, 0.717) is 11.3 Å². The number of hydrogen-bond donors (Lipinski definition) is 2. The summed E-state index contributed by atoms with van der Waals surface area (Å²) in [5, 5.41) is 15.7. The minimum absolute atomic E-state index is 0.253. The summed E-state index contributed by atoms with van der Waals surface area (Å²) < 4.78 is 0. The third-order valence-electron chi connectivity index (χ3n) is 4.32. The van der Waals surface area contributed by atoms with Gasteiger partial charge in [0.2, 0.25) is 0 Å². The Morgan fingerprint density at radius 2 is 2.36 bits per heavy atom. The van der Waals surface area contributed by atoms with Crippen LogP contribution in [0.4, 0.5) is 0 Å². The summed E-state index contributed by atoms with van der Waals surface area (Å²) >= 11 is 0. The first-order chi connectivity index (χ1) is 6.74. The van der Waals surface area contributed by atoms with E-state index in [0.717, 1.165) is 23.6 Å². The van der Waals surface area contributed by atoms with E-state index in [9.17, 15) is 4.79 Å². The fourth-order valence-electron chi connectivity index (χ4n) is 3.45. The van der Waals surface area contributed by atoms with Crippen LogP contribution >= 0.6 is 0 Å². The zero-order chi connectivity index (χ0) is 9.50. The Morgan fingerprint density at radius 3 is 3.00 bits per heavy atom. The molecule has 0 unspecified atom stereocenters. The van der Waals surface area contributed by atoms with Gasteiger partial charge >= 0.3 is 5.97 Å². The van der Waals surface area contributed by atoms with Gasteiger partial charge in [-0.05, 0) is 30.6 Å². The Labute approximate surface area is 80.3 Å². The Hall–Kier alpha value is -1.32. The lowest BCUT2D eigenvalue weighted by Gasteiger charge is -1.98. The Kier molecular flexibility index (Phi) is 0.874. The molecule has 1 aromatic heterocycles. The van der Waals surface area contributed by atoms with Gasteiger partial charge < -0.3 is 5.11 Å². The van der Waals surface area contributed by atoms with E-state index in [1.807, 2.05) is 0 Å². The van der Waals surface area contributed by atoms with Crippen LogP contribution in [0.5, 0.6) is 0 Å². The molecule has 2 fully saturated rings. The van der Waals surface area contributed by atoms with Crippen LogP contribution in [0.25, 0.3) is 0 Å². The molecule has 0 aromatic carbocycles. The molecule has 0 amide bonds. The van der Waals surface area contributed by atoms with E-state index in [-0.39, 0.29) is 5.69 Å². The number of nitrogens with zero attached hydrogens (tertiary/aromatic N) is 1. The van der Waals surface area contributed by atoms with E-state index >= 15 is 0 Å². The fourth-order valence-corrected chi connectivity index (χ4v) is 3.45. The third kappa shape index (κ3) is 0.549. The number of hydrogen-bond acceptors (Lipinski definition) is 2. The summed E-state index contributed by atoms with van der Waals surface area (Å²) in [6.45, 7) is 0. The number of carboxylic acid groups (broad SMARTS) is 1. The Balaban J connectivity index is 1.84. The number of H-pyrrole nitrogens is 1. The molecule has 1 aromatic rings. The summed E-state index contributed by atoms with van der Waals surface area (Å²) in [5.74, 6) is 0.469. The number of rotatable bonds is 1. The number of aromatic carboxylic acids is 1. The van der Waals surface area contributed by atoms with Crippen molar-refractivity contribution in [3.05, 3.63) is 17.0 Å². The van der Waals surface area contributed by atoms with Gasteiger partial charge in [-0.15, -0.1) is 0 Å². The molecule has 4 rings (SSSR count). The average molecular weight is 190 g/mol. The molecule has 0 aliphatic heterocycles. The largest absolute Gasteiger partial charge is 0.476 e. The molecule has 0 saturated heterocycles. The molecule has 1 spiro atoms. The van der Waals surface area contributed by atoms with Crippen LogP contribution in [0, 0.1) is 11.3 Å². The summed E-state index contributed by atoms with van der Waals surface area (Å²) in [6, 6.07) is 0. The van der Waals surface area contributed by atoms with Gasteiger partial charge in [-0.3, -0.25) is 5.10 Å². The highest BCUT2D eigenvalue weighted by Gasteiger charge is 2.75. The second-order valence-electron chi connectivity index (χ2n) is 4.79. The number of carbonyl (C=O) groups is 1. The molecule has 4 nitrogen and oxygen atoms in total. The van der Waals surface area contributed by atoms with E-state index in [1.54, 1.807) is 0 Å². The summed E-state index contributed by atoms with van der Waals surface area (Å²) in [5.41, 5.74) is 2.95. The average Bonchev–Trinajstić information content (AvgIpc) is 2.90. The van der Waals surface area contributed by atoms with E-state index in [2.05, 4.69) is 10.2 Å². The quantitative estimate of drug-likeness (QED) is 0.698. The van der Waals surface area contributed by atoms with Crippen molar-refractivity contribution in [3.63, 3.8) is 0 Å². The van der Waals surface area contributed by atoms with Crippen molar-refractivity contribution < 1.29 is 9.90 Å². The second kappa shape index (κ2) is 1.74. The molecule has 2 saturated carbocycles. The van der Waals surface area contributed by atoms with Gasteiger partial charge in [0.15, 0.2) is 5.69 Å².